The van der Waals surface area contributed by atoms with E-state index in [1.807, 2.05) is 0 Å². The first-order valence-electron chi connectivity index (χ1n) is 11.5. The van der Waals surface area contributed by atoms with E-state index in [1.54, 1.807) is 42.5 Å². The van der Waals surface area contributed by atoms with Gasteiger partial charge in [-0.15, -0.1) is 10.2 Å². The number of thioether (sulfide) groups is 1. The van der Waals surface area contributed by atoms with Gasteiger partial charge in [0, 0.05) is 15.8 Å². The lowest BCUT2D eigenvalue weighted by Gasteiger charge is -2.23. The SMILES string of the molecule is COc1cc(C2/C(=C(/O)c3ccc(Br)cc3)C(=O)C(=O)N2c2nnc(SCc3ccccc3F)s2)cc(Br)c1O. The molecule has 1 unspecified atom stereocenters. The maximum Gasteiger partial charge on any atom is 0.301 e. The van der Waals surface area contributed by atoms with E-state index >= 15 is 0 Å². The average Bonchev–Trinajstić information content (AvgIpc) is 3.51. The van der Waals surface area contributed by atoms with E-state index < -0.39 is 17.7 Å². The molecule has 0 spiro atoms. The second kappa shape index (κ2) is 11.7. The van der Waals surface area contributed by atoms with Crippen LogP contribution in [0.3, 0.4) is 0 Å². The molecule has 1 fully saturated rings. The lowest BCUT2D eigenvalue weighted by molar-refractivity contribution is -0.132. The standard InChI is InChI=1S/C27H18Br2FN3O5S2/c1-38-19-11-15(10-17(29)23(19)35)21-20(22(34)13-6-8-16(28)9-7-13)24(36)25(37)33(21)26-31-32-27(40-26)39-12-14-4-2-3-5-18(14)30/h2-11,21,34-35H,12H2,1H3/b22-20-. The number of phenolic OH excluding ortho intramolecular Hbond substituents is 1. The first-order valence-corrected chi connectivity index (χ1v) is 14.9. The highest BCUT2D eigenvalue weighted by molar-refractivity contribution is 9.10. The lowest BCUT2D eigenvalue weighted by Crippen LogP contribution is -2.29. The topological polar surface area (TPSA) is 113 Å². The summed E-state index contributed by atoms with van der Waals surface area (Å²) in [6.07, 6.45) is 0. The summed E-state index contributed by atoms with van der Waals surface area (Å²) in [6, 6.07) is 14.9. The minimum atomic E-state index is -1.12. The Morgan fingerprint density at radius 3 is 2.55 bits per heavy atom. The van der Waals surface area contributed by atoms with E-state index in [4.69, 9.17) is 4.74 Å². The number of hydrogen-bond donors (Lipinski definition) is 2. The second-order valence-electron chi connectivity index (χ2n) is 8.46. The smallest absolute Gasteiger partial charge is 0.301 e. The quantitative estimate of drug-likeness (QED) is 0.0707. The van der Waals surface area contributed by atoms with Gasteiger partial charge in [-0.2, -0.15) is 0 Å². The van der Waals surface area contributed by atoms with E-state index in [9.17, 15) is 24.2 Å². The van der Waals surface area contributed by atoms with Crippen LogP contribution in [0.5, 0.6) is 11.5 Å². The van der Waals surface area contributed by atoms with Crippen molar-refractivity contribution >= 4 is 77.5 Å². The van der Waals surface area contributed by atoms with Crippen molar-refractivity contribution in [1.82, 2.24) is 10.2 Å². The molecule has 1 amide bonds. The van der Waals surface area contributed by atoms with Gasteiger partial charge in [-0.05, 0) is 57.4 Å². The van der Waals surface area contributed by atoms with Crippen LogP contribution in [0.1, 0.15) is 22.7 Å². The molecule has 5 rings (SSSR count). The molecule has 40 heavy (non-hydrogen) atoms. The Morgan fingerprint density at radius 1 is 1.12 bits per heavy atom. The zero-order chi connectivity index (χ0) is 28.6. The minimum Gasteiger partial charge on any atom is -0.507 e. The highest BCUT2D eigenvalue weighted by Gasteiger charge is 2.48. The number of hydrogen-bond acceptors (Lipinski definition) is 9. The Labute approximate surface area is 252 Å². The number of halogens is 3. The van der Waals surface area contributed by atoms with Crippen molar-refractivity contribution in [3.05, 3.63) is 97.7 Å². The van der Waals surface area contributed by atoms with Gasteiger partial charge in [0.1, 0.15) is 11.6 Å². The average molecular weight is 707 g/mol. The van der Waals surface area contributed by atoms with Crippen molar-refractivity contribution in [2.24, 2.45) is 0 Å². The number of aliphatic hydroxyl groups excluding tert-OH is 1. The van der Waals surface area contributed by atoms with Gasteiger partial charge >= 0.3 is 5.91 Å². The second-order valence-corrected chi connectivity index (χ2v) is 12.4. The molecule has 1 saturated heterocycles. The van der Waals surface area contributed by atoms with Gasteiger partial charge in [0.25, 0.3) is 5.78 Å². The van der Waals surface area contributed by atoms with Gasteiger partial charge in [-0.3, -0.25) is 14.5 Å². The zero-order valence-electron chi connectivity index (χ0n) is 20.5. The van der Waals surface area contributed by atoms with E-state index in [2.05, 4.69) is 42.1 Å². The van der Waals surface area contributed by atoms with Gasteiger partial charge in [0.2, 0.25) is 5.13 Å². The molecule has 0 saturated carbocycles. The number of carbonyl (C=O) groups is 2. The van der Waals surface area contributed by atoms with Crippen molar-refractivity contribution in [2.45, 2.75) is 16.1 Å². The highest BCUT2D eigenvalue weighted by atomic mass is 79.9. The Balaban J connectivity index is 1.60. The number of Topliss-reactive ketones (excluding diaryl/α,β-unsaturated/α-hetero) is 1. The number of methoxy groups -OCH3 is 1. The molecule has 1 atom stereocenters. The van der Waals surface area contributed by atoms with Crippen molar-refractivity contribution in [2.75, 3.05) is 12.0 Å². The van der Waals surface area contributed by atoms with Crippen molar-refractivity contribution < 1.29 is 28.9 Å². The minimum absolute atomic E-state index is 0.0944. The third-order valence-electron chi connectivity index (χ3n) is 6.06. The molecule has 8 nitrogen and oxygen atoms in total. The van der Waals surface area contributed by atoms with Crippen LogP contribution in [0.25, 0.3) is 5.76 Å². The predicted octanol–water partition coefficient (Wildman–Crippen LogP) is 6.84. The summed E-state index contributed by atoms with van der Waals surface area (Å²) in [5.41, 5.74) is 1.02. The van der Waals surface area contributed by atoms with Crippen LogP contribution in [0, 0.1) is 5.82 Å². The third kappa shape index (κ3) is 5.38. The van der Waals surface area contributed by atoms with Gasteiger partial charge in [-0.1, -0.05) is 69.4 Å². The number of carbonyl (C=O) groups excluding carboxylic acids is 2. The maximum atomic E-state index is 14.1. The fraction of sp³-hybridized carbons (Fsp3) is 0.111. The number of phenols is 1. The van der Waals surface area contributed by atoms with E-state index in [0.29, 0.717) is 21.0 Å². The van der Waals surface area contributed by atoms with Crippen molar-refractivity contribution in [3.63, 3.8) is 0 Å². The molecule has 204 valence electrons. The molecule has 1 aliphatic heterocycles. The highest BCUT2D eigenvalue weighted by Crippen LogP contribution is 2.47. The largest absolute Gasteiger partial charge is 0.507 e. The number of ether oxygens (including phenoxy) is 1. The molecular formula is C27H18Br2FN3O5S2. The first kappa shape index (κ1) is 28.3. The number of benzene rings is 3. The predicted molar refractivity (Wildman–Crippen MR) is 157 cm³/mol. The number of amides is 1. The number of aromatic nitrogens is 2. The monoisotopic (exact) mass is 705 g/mol. The normalized spacial score (nSPS) is 16.5. The van der Waals surface area contributed by atoms with Crippen LogP contribution in [0.15, 0.2) is 79.5 Å². The Bertz CT molecular complexity index is 1660. The molecule has 1 aliphatic rings. The van der Waals surface area contributed by atoms with Crippen LogP contribution in [-0.2, 0) is 15.3 Å². The molecule has 4 aromatic rings. The summed E-state index contributed by atoms with van der Waals surface area (Å²) < 4.78 is 20.9. The molecule has 0 bridgehead atoms. The molecule has 3 aromatic carbocycles. The van der Waals surface area contributed by atoms with Crippen LogP contribution < -0.4 is 9.64 Å². The Hall–Kier alpha value is -3.26. The molecule has 2 N–H and O–H groups in total. The summed E-state index contributed by atoms with van der Waals surface area (Å²) >= 11 is 8.93. The fourth-order valence-corrected chi connectivity index (χ4v) is 6.71. The molecule has 2 heterocycles. The molecule has 13 heteroatoms. The number of anilines is 1. The number of ketones is 1. The van der Waals surface area contributed by atoms with Gasteiger partial charge in [0.05, 0.1) is 23.2 Å². The fourth-order valence-electron chi connectivity index (χ4n) is 4.13. The van der Waals surface area contributed by atoms with Gasteiger partial charge in [-0.25, -0.2) is 4.39 Å². The van der Waals surface area contributed by atoms with E-state index in [0.717, 1.165) is 20.7 Å². The number of aliphatic hydroxyl groups is 1. The molecule has 0 aliphatic carbocycles. The van der Waals surface area contributed by atoms with Crippen LogP contribution in [0.4, 0.5) is 9.52 Å². The maximum absolute atomic E-state index is 14.1. The van der Waals surface area contributed by atoms with Gasteiger partial charge < -0.3 is 14.9 Å². The third-order valence-corrected chi connectivity index (χ3v) is 9.30. The van der Waals surface area contributed by atoms with Crippen molar-refractivity contribution in [3.8, 4) is 11.5 Å². The molecular weight excluding hydrogens is 689 g/mol. The summed E-state index contributed by atoms with van der Waals surface area (Å²) in [5, 5.41) is 30.1. The summed E-state index contributed by atoms with van der Waals surface area (Å²) in [7, 11) is 1.37. The van der Waals surface area contributed by atoms with Crippen molar-refractivity contribution in [1.29, 1.82) is 0 Å². The van der Waals surface area contributed by atoms with Gasteiger partial charge in [0.15, 0.2) is 15.8 Å². The van der Waals surface area contributed by atoms with E-state index in [1.165, 1.54) is 37.1 Å². The van der Waals surface area contributed by atoms with E-state index in [-0.39, 0.29) is 44.0 Å². The van der Waals surface area contributed by atoms with Crippen LogP contribution >= 0.6 is 55.0 Å². The molecule has 1 aromatic heterocycles. The summed E-state index contributed by atoms with van der Waals surface area (Å²) in [4.78, 5) is 28.0. The van der Waals surface area contributed by atoms with Crippen LogP contribution in [0.2, 0.25) is 0 Å². The number of rotatable bonds is 7. The lowest BCUT2D eigenvalue weighted by atomic mass is 9.95. The summed E-state index contributed by atoms with van der Waals surface area (Å²) in [6.45, 7) is 0. The number of nitrogens with zero attached hydrogens (tertiary/aromatic N) is 3. The zero-order valence-corrected chi connectivity index (χ0v) is 25.3. The Morgan fingerprint density at radius 2 is 1.85 bits per heavy atom. The molecule has 0 radical (unpaired) electrons. The van der Waals surface area contributed by atoms with Crippen LogP contribution in [-0.4, -0.2) is 39.2 Å². The summed E-state index contributed by atoms with van der Waals surface area (Å²) in [5.74, 6) is -2.32. The number of aromatic hydroxyl groups is 1. The first-order chi connectivity index (χ1) is 19.2. The Kier molecular flexibility index (Phi) is 8.26.